The van der Waals surface area contributed by atoms with Gasteiger partial charge in [0.15, 0.2) is 0 Å². The van der Waals surface area contributed by atoms with Crippen LogP contribution in [0, 0.1) is 0 Å². The van der Waals surface area contributed by atoms with E-state index in [1.54, 1.807) is 0 Å². The Balaban J connectivity index is 2.46. The van der Waals surface area contributed by atoms with Gasteiger partial charge < -0.3 is 14.6 Å². The van der Waals surface area contributed by atoms with Gasteiger partial charge in [0.25, 0.3) is 11.8 Å². The van der Waals surface area contributed by atoms with Crippen LogP contribution in [-0.4, -0.2) is 24.9 Å². The Morgan fingerprint density at radius 2 is 2.00 bits per heavy atom. The summed E-state index contributed by atoms with van der Waals surface area (Å²) in [5, 5.41) is 10.8. The molecule has 0 unspecified atom stereocenters. The van der Waals surface area contributed by atoms with E-state index in [2.05, 4.69) is 0 Å². The number of anilines is 1. The average molecular weight is 260 g/mol. The number of methoxy groups -OCH3 is 1. The second kappa shape index (κ2) is 4.56. The zero-order chi connectivity index (χ0) is 14.2. The Morgan fingerprint density at radius 1 is 1.32 bits per heavy atom. The predicted octanol–water partition coefficient (Wildman–Crippen LogP) is -0.122. The fraction of sp³-hybridized carbons (Fsp3) is 0.154. The van der Waals surface area contributed by atoms with Crippen LogP contribution in [-0.2, 0) is 9.59 Å². The summed E-state index contributed by atoms with van der Waals surface area (Å²) >= 11 is 0. The summed E-state index contributed by atoms with van der Waals surface area (Å²) in [7, 11) is 1.29. The van der Waals surface area contributed by atoms with Crippen molar-refractivity contribution in [1.82, 2.24) is 0 Å². The number of rotatable bonds is 3. The Kier molecular flexibility index (Phi) is 3.08. The third kappa shape index (κ3) is 2.08. The molecule has 98 valence electrons. The van der Waals surface area contributed by atoms with Gasteiger partial charge in [-0.1, -0.05) is 0 Å². The van der Waals surface area contributed by atoms with Crippen molar-refractivity contribution in [3.05, 3.63) is 35.4 Å². The normalized spacial score (nSPS) is 14.6. The molecule has 1 aromatic rings. The smallest absolute Gasteiger partial charge is 0.261 e. The number of imide groups is 1. The summed E-state index contributed by atoms with van der Waals surface area (Å²) in [6, 6.07) is 3.90. The second-order valence-corrected chi connectivity index (χ2v) is 3.98. The maximum absolute atomic E-state index is 11.8. The average Bonchev–Trinajstić information content (AvgIpc) is 2.62. The van der Waals surface area contributed by atoms with Gasteiger partial charge in [0.1, 0.15) is 5.75 Å². The maximum Gasteiger partial charge on any atom is 0.261 e. The minimum absolute atomic E-state index is 0.0302. The van der Waals surface area contributed by atoms with E-state index in [0.29, 0.717) is 5.57 Å². The van der Waals surface area contributed by atoms with Crippen LogP contribution in [0.2, 0.25) is 0 Å². The first-order chi connectivity index (χ1) is 8.95. The molecule has 1 heterocycles. The van der Waals surface area contributed by atoms with Crippen LogP contribution in [0.3, 0.4) is 0 Å². The second-order valence-electron chi connectivity index (χ2n) is 3.98. The summed E-state index contributed by atoms with van der Waals surface area (Å²) in [5.41, 5.74) is 0.438. The van der Waals surface area contributed by atoms with Gasteiger partial charge in [-0.05, 0) is 19.1 Å². The molecule has 2 rings (SSSR count). The minimum atomic E-state index is -1.39. The lowest BCUT2D eigenvalue weighted by molar-refractivity contribution is -0.255. The zero-order valence-corrected chi connectivity index (χ0v) is 10.3. The first kappa shape index (κ1) is 12.8. The third-order valence-corrected chi connectivity index (χ3v) is 2.76. The van der Waals surface area contributed by atoms with Crippen LogP contribution >= 0.6 is 0 Å². The van der Waals surface area contributed by atoms with Crippen molar-refractivity contribution in [2.75, 3.05) is 12.0 Å². The molecular formula is C13H10NO5-. The molecule has 0 N–H and O–H groups in total. The number of hydrogen-bond donors (Lipinski definition) is 0. The Hall–Kier alpha value is -2.63. The van der Waals surface area contributed by atoms with Crippen molar-refractivity contribution >= 4 is 23.5 Å². The molecule has 0 fully saturated rings. The molecule has 1 aliphatic rings. The fourth-order valence-corrected chi connectivity index (χ4v) is 1.82. The molecule has 6 nitrogen and oxygen atoms in total. The van der Waals surface area contributed by atoms with Crippen molar-refractivity contribution in [2.24, 2.45) is 0 Å². The van der Waals surface area contributed by atoms with E-state index in [0.717, 1.165) is 4.90 Å². The van der Waals surface area contributed by atoms with E-state index in [1.807, 2.05) is 0 Å². The van der Waals surface area contributed by atoms with Gasteiger partial charge in [-0.15, -0.1) is 0 Å². The minimum Gasteiger partial charge on any atom is -0.545 e. The standard InChI is InChI=1S/C13H11NO5/c1-7-5-11(15)14(12(7)16)8-3-4-9(13(17)18)10(6-8)19-2/h3-6H,1-2H3,(H,17,18)/p-1. The highest BCUT2D eigenvalue weighted by atomic mass is 16.5. The van der Waals surface area contributed by atoms with E-state index in [9.17, 15) is 19.5 Å². The Morgan fingerprint density at radius 3 is 2.47 bits per heavy atom. The Labute approximate surface area is 108 Å². The molecule has 0 bridgehead atoms. The number of carboxylic acid groups (broad SMARTS) is 1. The Bertz CT molecular complexity index is 617. The lowest BCUT2D eigenvalue weighted by Gasteiger charge is -2.17. The quantitative estimate of drug-likeness (QED) is 0.707. The first-order valence-corrected chi connectivity index (χ1v) is 5.42. The summed E-state index contributed by atoms with van der Waals surface area (Å²) in [5.74, 6) is -2.27. The van der Waals surface area contributed by atoms with Gasteiger partial charge in [-0.3, -0.25) is 9.59 Å². The third-order valence-electron chi connectivity index (χ3n) is 2.76. The van der Waals surface area contributed by atoms with Gasteiger partial charge in [0.2, 0.25) is 0 Å². The summed E-state index contributed by atoms with van der Waals surface area (Å²) in [6.07, 6.45) is 1.22. The van der Waals surface area contributed by atoms with Crippen molar-refractivity contribution in [3.8, 4) is 5.75 Å². The number of ether oxygens (including phenoxy) is 1. The van der Waals surface area contributed by atoms with E-state index >= 15 is 0 Å². The number of benzene rings is 1. The molecule has 0 aliphatic carbocycles. The lowest BCUT2D eigenvalue weighted by Crippen LogP contribution is -2.30. The van der Waals surface area contributed by atoms with Crippen molar-refractivity contribution in [3.63, 3.8) is 0 Å². The van der Waals surface area contributed by atoms with Crippen LogP contribution < -0.4 is 14.7 Å². The van der Waals surface area contributed by atoms with Gasteiger partial charge >= 0.3 is 0 Å². The van der Waals surface area contributed by atoms with E-state index < -0.39 is 17.8 Å². The van der Waals surface area contributed by atoms with Gasteiger partial charge in [0.05, 0.1) is 18.8 Å². The highest BCUT2D eigenvalue weighted by molar-refractivity contribution is 6.30. The van der Waals surface area contributed by atoms with Crippen LogP contribution in [0.1, 0.15) is 17.3 Å². The van der Waals surface area contributed by atoms with Crippen LogP contribution in [0.25, 0.3) is 0 Å². The molecule has 19 heavy (non-hydrogen) atoms. The number of carbonyl (C=O) groups excluding carboxylic acids is 3. The molecule has 2 amide bonds. The molecule has 1 aliphatic heterocycles. The van der Waals surface area contributed by atoms with Crippen molar-refractivity contribution in [1.29, 1.82) is 0 Å². The van der Waals surface area contributed by atoms with Gasteiger partial charge in [0, 0.05) is 23.3 Å². The maximum atomic E-state index is 11.8. The van der Waals surface area contributed by atoms with Crippen LogP contribution in [0.15, 0.2) is 29.8 Å². The highest BCUT2D eigenvalue weighted by Crippen LogP contribution is 2.28. The number of carboxylic acids is 1. The molecule has 1 aromatic carbocycles. The molecule has 6 heteroatoms. The zero-order valence-electron chi connectivity index (χ0n) is 10.3. The van der Waals surface area contributed by atoms with Crippen molar-refractivity contribution < 1.29 is 24.2 Å². The number of aromatic carboxylic acids is 1. The number of amides is 2. The molecule has 0 aromatic heterocycles. The fourth-order valence-electron chi connectivity index (χ4n) is 1.82. The topological polar surface area (TPSA) is 86.7 Å². The van der Waals surface area contributed by atoms with E-state index in [1.165, 1.54) is 38.3 Å². The van der Waals surface area contributed by atoms with Gasteiger partial charge in [-0.2, -0.15) is 0 Å². The number of hydrogen-bond acceptors (Lipinski definition) is 5. The monoisotopic (exact) mass is 260 g/mol. The van der Waals surface area contributed by atoms with Crippen LogP contribution in [0.5, 0.6) is 5.75 Å². The van der Waals surface area contributed by atoms with E-state index in [-0.39, 0.29) is 17.0 Å². The number of nitrogens with zero attached hydrogens (tertiary/aromatic N) is 1. The highest BCUT2D eigenvalue weighted by Gasteiger charge is 2.30. The molecule has 0 radical (unpaired) electrons. The molecule has 0 saturated heterocycles. The number of carbonyl (C=O) groups is 3. The largest absolute Gasteiger partial charge is 0.545 e. The molecular weight excluding hydrogens is 250 g/mol. The predicted molar refractivity (Wildman–Crippen MR) is 63.6 cm³/mol. The summed E-state index contributed by atoms with van der Waals surface area (Å²) in [6.45, 7) is 1.53. The SMILES string of the molecule is COc1cc(N2C(=O)C=C(C)C2=O)ccc1C(=O)[O-]. The van der Waals surface area contributed by atoms with Gasteiger partial charge in [-0.25, -0.2) is 4.90 Å². The first-order valence-electron chi connectivity index (χ1n) is 5.42. The lowest BCUT2D eigenvalue weighted by atomic mass is 10.1. The van der Waals surface area contributed by atoms with Crippen LogP contribution in [0.4, 0.5) is 5.69 Å². The molecule has 0 atom stereocenters. The summed E-state index contributed by atoms with van der Waals surface area (Å²) in [4.78, 5) is 35.3. The van der Waals surface area contributed by atoms with Crippen molar-refractivity contribution in [2.45, 2.75) is 6.92 Å². The molecule has 0 saturated carbocycles. The molecule has 0 spiro atoms. The summed E-state index contributed by atoms with van der Waals surface area (Å²) < 4.78 is 4.92. The van der Waals surface area contributed by atoms with E-state index in [4.69, 9.17) is 4.74 Å².